The van der Waals surface area contributed by atoms with Crippen LogP contribution in [0.3, 0.4) is 0 Å². The monoisotopic (exact) mass is 460 g/mol. The van der Waals surface area contributed by atoms with Crippen LogP contribution < -0.4 is 11.2 Å². The number of rotatable bonds is 3. The van der Waals surface area contributed by atoms with Gasteiger partial charge in [0.15, 0.2) is 0 Å². The minimum atomic E-state index is -0.619. The van der Waals surface area contributed by atoms with Crippen molar-refractivity contribution in [2.24, 2.45) is 14.1 Å². The number of nitro groups is 1. The Morgan fingerprint density at radius 3 is 2.26 bits per heavy atom. The van der Waals surface area contributed by atoms with Gasteiger partial charge in [-0.05, 0) is 37.1 Å². The van der Waals surface area contributed by atoms with E-state index < -0.39 is 22.3 Å². The summed E-state index contributed by atoms with van der Waals surface area (Å²) < 4.78 is 11.0. The van der Waals surface area contributed by atoms with Gasteiger partial charge in [-0.1, -0.05) is 30.3 Å². The van der Waals surface area contributed by atoms with Gasteiger partial charge in [-0.2, -0.15) is 0 Å². The first-order chi connectivity index (χ1) is 16.1. The van der Waals surface area contributed by atoms with E-state index in [1.165, 1.54) is 23.7 Å². The van der Waals surface area contributed by atoms with Crippen molar-refractivity contribution < 1.29 is 9.66 Å². The zero-order valence-electron chi connectivity index (χ0n) is 19.3. The molecule has 1 atom stereocenters. The fraction of sp³-hybridized carbons (Fsp3) is 0.280. The maximum atomic E-state index is 13.5. The molecule has 4 aromatic rings. The molecule has 1 aliphatic rings. The molecule has 0 saturated heterocycles. The van der Waals surface area contributed by atoms with E-state index in [0.717, 1.165) is 15.8 Å². The zero-order chi connectivity index (χ0) is 24.4. The van der Waals surface area contributed by atoms with E-state index >= 15 is 0 Å². The van der Waals surface area contributed by atoms with Crippen molar-refractivity contribution >= 4 is 16.6 Å². The first kappa shape index (κ1) is 21.8. The van der Waals surface area contributed by atoms with E-state index in [9.17, 15) is 19.7 Å². The van der Waals surface area contributed by atoms with Gasteiger partial charge in [-0.3, -0.25) is 24.0 Å². The molecule has 9 nitrogen and oxygen atoms in total. The molecule has 2 aromatic heterocycles. The Labute approximate surface area is 194 Å². The summed E-state index contributed by atoms with van der Waals surface area (Å²) in [4.78, 5) is 37.2. The second-order valence-electron chi connectivity index (χ2n) is 9.22. The third kappa shape index (κ3) is 3.04. The Bertz CT molecular complexity index is 1560. The Kier molecular flexibility index (Phi) is 4.84. The normalized spacial score (nSPS) is 17.0. The van der Waals surface area contributed by atoms with Gasteiger partial charge in [0.25, 0.3) is 11.2 Å². The molecule has 1 aliphatic heterocycles. The molecule has 174 valence electrons. The molecule has 5 rings (SSSR count). The first-order valence-electron chi connectivity index (χ1n) is 10.9. The van der Waals surface area contributed by atoms with Gasteiger partial charge in [0.1, 0.15) is 6.10 Å². The average Bonchev–Trinajstić information content (AvgIpc) is 3.20. The highest BCUT2D eigenvalue weighted by Crippen LogP contribution is 2.45. The van der Waals surface area contributed by atoms with Crippen LogP contribution in [-0.4, -0.2) is 25.2 Å². The number of hydrogen-bond donors (Lipinski definition) is 0. The van der Waals surface area contributed by atoms with E-state index in [1.54, 1.807) is 19.2 Å². The predicted molar refractivity (Wildman–Crippen MR) is 128 cm³/mol. The second-order valence-corrected chi connectivity index (χ2v) is 9.22. The highest BCUT2D eigenvalue weighted by molar-refractivity contribution is 5.96. The van der Waals surface area contributed by atoms with Crippen LogP contribution in [0.5, 0.6) is 0 Å². The molecule has 0 radical (unpaired) electrons. The lowest BCUT2D eigenvalue weighted by molar-refractivity contribution is -0.384. The molecule has 0 fully saturated rings. The standard InChI is InChI=1S/C25H24N4O5/c1-25(2)14-34-22(16-10-12-17(13-11-16)29(32)33)21-20-18(23(30)27(4)24(31)26(20)3)19(28(21)25)15-8-6-5-7-9-15/h5-13,22H,14H2,1-4H3/t22-/m1/s1. The van der Waals surface area contributed by atoms with Crippen molar-refractivity contribution in [1.82, 2.24) is 13.7 Å². The molecule has 0 N–H and O–H groups in total. The van der Waals surface area contributed by atoms with E-state index in [-0.39, 0.29) is 11.2 Å². The third-order valence-electron chi connectivity index (χ3n) is 6.52. The number of fused-ring (bicyclic) bond motifs is 3. The Balaban J connectivity index is 1.95. The van der Waals surface area contributed by atoms with Crippen molar-refractivity contribution in [2.45, 2.75) is 25.5 Å². The SMILES string of the molecule is Cn1c(=O)c2c(-c3ccccc3)n3c(c2n(C)c1=O)[C@@H](c1ccc([N+](=O)[O-])cc1)OCC3(C)C. The summed E-state index contributed by atoms with van der Waals surface area (Å²) in [7, 11) is 3.12. The van der Waals surface area contributed by atoms with Crippen LogP contribution in [-0.2, 0) is 24.4 Å². The lowest BCUT2D eigenvalue weighted by atomic mass is 9.98. The summed E-state index contributed by atoms with van der Waals surface area (Å²) in [6, 6.07) is 15.8. The van der Waals surface area contributed by atoms with E-state index in [0.29, 0.717) is 28.8 Å². The summed E-state index contributed by atoms with van der Waals surface area (Å²) in [5.41, 5.74) is 2.10. The van der Waals surface area contributed by atoms with Crippen molar-refractivity contribution in [3.05, 3.63) is 96.8 Å². The number of aromatic nitrogens is 3. The Hall–Kier alpha value is -3.98. The molecular formula is C25H24N4O5. The molecular weight excluding hydrogens is 436 g/mol. The van der Waals surface area contributed by atoms with Crippen LogP contribution in [0.15, 0.2) is 64.2 Å². The molecule has 0 amide bonds. The van der Waals surface area contributed by atoms with Crippen molar-refractivity contribution in [2.75, 3.05) is 6.61 Å². The van der Waals surface area contributed by atoms with Gasteiger partial charge in [0.2, 0.25) is 0 Å². The average molecular weight is 460 g/mol. The Morgan fingerprint density at radius 2 is 1.65 bits per heavy atom. The first-order valence-corrected chi connectivity index (χ1v) is 10.9. The fourth-order valence-electron chi connectivity index (χ4n) is 4.89. The molecule has 0 unspecified atom stereocenters. The number of nitrogens with zero attached hydrogens (tertiary/aromatic N) is 4. The van der Waals surface area contributed by atoms with Crippen LogP contribution in [0.2, 0.25) is 0 Å². The number of non-ortho nitro benzene ring substituents is 1. The van der Waals surface area contributed by atoms with Crippen molar-refractivity contribution in [3.63, 3.8) is 0 Å². The molecule has 0 aliphatic carbocycles. The van der Waals surface area contributed by atoms with Gasteiger partial charge < -0.3 is 9.30 Å². The number of aryl methyl sites for hydroxylation is 1. The third-order valence-corrected chi connectivity index (χ3v) is 6.52. The lowest BCUT2D eigenvalue weighted by Gasteiger charge is -2.39. The van der Waals surface area contributed by atoms with Crippen molar-refractivity contribution in [3.8, 4) is 11.3 Å². The van der Waals surface area contributed by atoms with Crippen molar-refractivity contribution in [1.29, 1.82) is 0 Å². The number of ether oxygens (including phenoxy) is 1. The van der Waals surface area contributed by atoms with Crippen LogP contribution in [0.25, 0.3) is 22.2 Å². The minimum Gasteiger partial charge on any atom is -0.365 e. The molecule has 34 heavy (non-hydrogen) atoms. The maximum absolute atomic E-state index is 13.5. The second kappa shape index (κ2) is 7.53. The maximum Gasteiger partial charge on any atom is 0.331 e. The summed E-state index contributed by atoms with van der Waals surface area (Å²) in [5.74, 6) is 0. The smallest absolute Gasteiger partial charge is 0.331 e. The summed E-state index contributed by atoms with van der Waals surface area (Å²) in [6.45, 7) is 4.39. The highest BCUT2D eigenvalue weighted by atomic mass is 16.6. The largest absolute Gasteiger partial charge is 0.365 e. The van der Waals surface area contributed by atoms with Crippen LogP contribution in [0, 0.1) is 10.1 Å². The summed E-state index contributed by atoms with van der Waals surface area (Å²) >= 11 is 0. The minimum absolute atomic E-state index is 0.0219. The van der Waals surface area contributed by atoms with Gasteiger partial charge in [-0.15, -0.1) is 0 Å². The van der Waals surface area contributed by atoms with Gasteiger partial charge in [-0.25, -0.2) is 4.79 Å². The topological polar surface area (TPSA) is 101 Å². The van der Waals surface area contributed by atoms with Crippen LogP contribution in [0.4, 0.5) is 5.69 Å². The molecule has 9 heteroatoms. The molecule has 0 bridgehead atoms. The van der Waals surface area contributed by atoms with Crippen LogP contribution >= 0.6 is 0 Å². The predicted octanol–water partition coefficient (Wildman–Crippen LogP) is 3.47. The summed E-state index contributed by atoms with van der Waals surface area (Å²) in [6.07, 6.45) is -0.619. The van der Waals surface area contributed by atoms with Gasteiger partial charge in [0.05, 0.1) is 39.4 Å². The Morgan fingerprint density at radius 1 is 1.00 bits per heavy atom. The number of nitro benzene ring substituents is 1. The van der Waals surface area contributed by atoms with Gasteiger partial charge in [0, 0.05) is 26.2 Å². The fourth-order valence-corrected chi connectivity index (χ4v) is 4.89. The lowest BCUT2D eigenvalue weighted by Crippen LogP contribution is -2.40. The molecule has 2 aromatic carbocycles. The number of benzene rings is 2. The quantitative estimate of drug-likeness (QED) is 0.344. The zero-order valence-corrected chi connectivity index (χ0v) is 19.3. The highest BCUT2D eigenvalue weighted by Gasteiger charge is 2.40. The van der Waals surface area contributed by atoms with E-state index in [2.05, 4.69) is 4.57 Å². The molecule has 0 saturated carbocycles. The summed E-state index contributed by atoms with van der Waals surface area (Å²) in [5, 5.41) is 11.6. The van der Waals surface area contributed by atoms with E-state index in [1.807, 2.05) is 44.2 Å². The molecule has 3 heterocycles. The molecule has 0 spiro atoms. The van der Waals surface area contributed by atoms with Gasteiger partial charge >= 0.3 is 5.69 Å². The number of hydrogen-bond acceptors (Lipinski definition) is 5. The van der Waals surface area contributed by atoms with Crippen LogP contribution in [0.1, 0.15) is 31.2 Å². The van der Waals surface area contributed by atoms with E-state index in [4.69, 9.17) is 4.74 Å².